The smallest absolute Gasteiger partial charge is 0.234 e. The van der Waals surface area contributed by atoms with E-state index in [1.165, 1.54) is 0 Å². The summed E-state index contributed by atoms with van der Waals surface area (Å²) >= 11 is 0. The molecule has 1 heterocycles. The van der Waals surface area contributed by atoms with E-state index in [1.54, 1.807) is 0 Å². The minimum Gasteiger partial charge on any atom is -0.379 e. The fourth-order valence-electron chi connectivity index (χ4n) is 2.79. The fourth-order valence-corrected chi connectivity index (χ4v) is 2.79. The summed E-state index contributed by atoms with van der Waals surface area (Å²) in [5.74, 6) is 0.776. The highest BCUT2D eigenvalue weighted by Crippen LogP contribution is 2.12. The molecule has 1 unspecified atom stereocenters. The van der Waals surface area contributed by atoms with Gasteiger partial charge in [0.1, 0.15) is 0 Å². The summed E-state index contributed by atoms with van der Waals surface area (Å²) in [5.41, 5.74) is 0. The van der Waals surface area contributed by atoms with Crippen molar-refractivity contribution in [2.75, 3.05) is 52.5 Å². The van der Waals surface area contributed by atoms with Gasteiger partial charge in [-0.2, -0.15) is 0 Å². The Morgan fingerprint density at radius 2 is 1.86 bits per heavy atom. The summed E-state index contributed by atoms with van der Waals surface area (Å²) in [6.07, 6.45) is 1.12. The zero-order valence-corrected chi connectivity index (χ0v) is 14.2. The van der Waals surface area contributed by atoms with Gasteiger partial charge in [0.15, 0.2) is 0 Å². The maximum atomic E-state index is 12.0. The zero-order chi connectivity index (χ0) is 15.7. The van der Waals surface area contributed by atoms with E-state index in [0.29, 0.717) is 18.5 Å². The van der Waals surface area contributed by atoms with E-state index in [9.17, 15) is 4.79 Å². The Labute approximate surface area is 130 Å². The van der Waals surface area contributed by atoms with Crippen LogP contribution in [0.2, 0.25) is 0 Å². The zero-order valence-electron chi connectivity index (χ0n) is 14.2. The van der Waals surface area contributed by atoms with Crippen LogP contribution in [0.1, 0.15) is 34.1 Å². The standard InChI is InChI=1S/C16H33N3O2/c1-5-18(6-2)13-16(20)17-12-15(11-14(3)4)19-7-9-21-10-8-19/h14-15H,5-13H2,1-4H3,(H,17,20). The van der Waals surface area contributed by atoms with Gasteiger partial charge in [0, 0.05) is 25.7 Å². The van der Waals surface area contributed by atoms with Gasteiger partial charge in [-0.15, -0.1) is 0 Å². The minimum atomic E-state index is 0.140. The van der Waals surface area contributed by atoms with E-state index in [0.717, 1.165) is 52.4 Å². The second-order valence-corrected chi connectivity index (χ2v) is 6.20. The minimum absolute atomic E-state index is 0.140. The summed E-state index contributed by atoms with van der Waals surface area (Å²) < 4.78 is 5.43. The highest BCUT2D eigenvalue weighted by Gasteiger charge is 2.22. The molecule has 21 heavy (non-hydrogen) atoms. The van der Waals surface area contributed by atoms with E-state index in [-0.39, 0.29) is 5.91 Å². The summed E-state index contributed by atoms with van der Waals surface area (Å²) in [4.78, 5) is 16.6. The molecule has 1 saturated heterocycles. The van der Waals surface area contributed by atoms with Crippen LogP contribution in [-0.4, -0.2) is 74.2 Å². The number of amides is 1. The number of hydrogen-bond donors (Lipinski definition) is 1. The Bertz CT molecular complexity index is 287. The first-order valence-electron chi connectivity index (χ1n) is 8.37. The Morgan fingerprint density at radius 1 is 1.24 bits per heavy atom. The number of carbonyl (C=O) groups is 1. The average Bonchev–Trinajstić information content (AvgIpc) is 2.49. The van der Waals surface area contributed by atoms with Crippen LogP contribution in [-0.2, 0) is 9.53 Å². The average molecular weight is 299 g/mol. The first kappa shape index (κ1) is 18.4. The lowest BCUT2D eigenvalue weighted by molar-refractivity contribution is -0.122. The van der Waals surface area contributed by atoms with Crippen molar-refractivity contribution < 1.29 is 9.53 Å². The number of carbonyl (C=O) groups excluding carboxylic acids is 1. The molecule has 0 saturated carbocycles. The SMILES string of the molecule is CCN(CC)CC(=O)NCC(CC(C)C)N1CCOCC1. The first-order chi connectivity index (χ1) is 10.1. The van der Waals surface area contributed by atoms with E-state index < -0.39 is 0 Å². The van der Waals surface area contributed by atoms with Crippen molar-refractivity contribution in [2.24, 2.45) is 5.92 Å². The number of hydrogen-bond acceptors (Lipinski definition) is 4. The van der Waals surface area contributed by atoms with Crippen LogP contribution in [0.25, 0.3) is 0 Å². The van der Waals surface area contributed by atoms with Gasteiger partial charge in [-0.25, -0.2) is 0 Å². The molecular formula is C16H33N3O2. The lowest BCUT2D eigenvalue weighted by Gasteiger charge is -2.35. The monoisotopic (exact) mass is 299 g/mol. The van der Waals surface area contributed by atoms with Crippen LogP contribution < -0.4 is 5.32 Å². The van der Waals surface area contributed by atoms with Crippen LogP contribution in [0, 0.1) is 5.92 Å². The van der Waals surface area contributed by atoms with Gasteiger partial charge in [-0.1, -0.05) is 27.7 Å². The normalized spacial score (nSPS) is 18.2. The molecular weight excluding hydrogens is 266 g/mol. The lowest BCUT2D eigenvalue weighted by Crippen LogP contribution is -2.50. The maximum Gasteiger partial charge on any atom is 0.234 e. The van der Waals surface area contributed by atoms with E-state index >= 15 is 0 Å². The molecule has 124 valence electrons. The van der Waals surface area contributed by atoms with Crippen molar-refractivity contribution in [3.8, 4) is 0 Å². The molecule has 1 N–H and O–H groups in total. The van der Waals surface area contributed by atoms with E-state index in [4.69, 9.17) is 4.74 Å². The van der Waals surface area contributed by atoms with Crippen LogP contribution in [0.15, 0.2) is 0 Å². The lowest BCUT2D eigenvalue weighted by atomic mass is 10.0. The first-order valence-corrected chi connectivity index (χ1v) is 8.37. The molecule has 0 aromatic rings. The van der Waals surface area contributed by atoms with Crippen LogP contribution >= 0.6 is 0 Å². The summed E-state index contributed by atoms with van der Waals surface area (Å²) in [7, 11) is 0. The van der Waals surface area contributed by atoms with Gasteiger partial charge in [0.2, 0.25) is 5.91 Å². The fraction of sp³-hybridized carbons (Fsp3) is 0.938. The van der Waals surface area contributed by atoms with Crippen molar-refractivity contribution in [3.05, 3.63) is 0 Å². The second-order valence-electron chi connectivity index (χ2n) is 6.20. The molecule has 1 aliphatic rings. The molecule has 1 rings (SSSR count). The van der Waals surface area contributed by atoms with E-state index in [1.807, 2.05) is 0 Å². The summed E-state index contributed by atoms with van der Waals surface area (Å²) in [5, 5.41) is 3.12. The quantitative estimate of drug-likeness (QED) is 0.695. The molecule has 1 aliphatic heterocycles. The van der Waals surface area contributed by atoms with Crippen molar-refractivity contribution in [2.45, 2.75) is 40.2 Å². The Balaban J connectivity index is 2.42. The molecule has 0 spiro atoms. The third kappa shape index (κ3) is 7.25. The predicted octanol–water partition coefficient (Wildman–Crippen LogP) is 1.19. The molecule has 0 radical (unpaired) electrons. The number of ether oxygens (including phenoxy) is 1. The maximum absolute atomic E-state index is 12.0. The van der Waals surface area contributed by atoms with Crippen LogP contribution in [0.3, 0.4) is 0 Å². The van der Waals surface area contributed by atoms with Gasteiger partial charge in [-0.05, 0) is 25.4 Å². The predicted molar refractivity (Wildman–Crippen MR) is 86.4 cm³/mol. The third-order valence-electron chi connectivity index (χ3n) is 4.10. The highest BCUT2D eigenvalue weighted by molar-refractivity contribution is 5.78. The number of nitrogens with zero attached hydrogens (tertiary/aromatic N) is 2. The summed E-state index contributed by atoms with van der Waals surface area (Å²) in [6, 6.07) is 0.426. The molecule has 0 aliphatic carbocycles. The van der Waals surface area contributed by atoms with Crippen molar-refractivity contribution in [3.63, 3.8) is 0 Å². The largest absolute Gasteiger partial charge is 0.379 e. The number of morpholine rings is 1. The molecule has 0 aromatic heterocycles. The van der Waals surface area contributed by atoms with Crippen molar-refractivity contribution in [1.82, 2.24) is 15.1 Å². The molecule has 0 aromatic carbocycles. The summed E-state index contributed by atoms with van der Waals surface area (Å²) in [6.45, 7) is 15.3. The molecule has 0 bridgehead atoms. The molecule has 1 amide bonds. The Kier molecular flexibility index (Phi) is 8.88. The third-order valence-corrected chi connectivity index (χ3v) is 4.10. The molecule has 5 heteroatoms. The number of rotatable bonds is 9. The van der Waals surface area contributed by atoms with Gasteiger partial charge >= 0.3 is 0 Å². The van der Waals surface area contributed by atoms with Gasteiger partial charge < -0.3 is 10.1 Å². The topological polar surface area (TPSA) is 44.8 Å². The van der Waals surface area contributed by atoms with Gasteiger partial charge in [-0.3, -0.25) is 14.6 Å². The van der Waals surface area contributed by atoms with Crippen molar-refractivity contribution >= 4 is 5.91 Å². The van der Waals surface area contributed by atoms with Crippen molar-refractivity contribution in [1.29, 1.82) is 0 Å². The van der Waals surface area contributed by atoms with Gasteiger partial charge in [0.25, 0.3) is 0 Å². The molecule has 5 nitrogen and oxygen atoms in total. The molecule has 1 atom stereocenters. The number of likely N-dealkylation sites (N-methyl/N-ethyl adjacent to an activating group) is 1. The Morgan fingerprint density at radius 3 is 2.38 bits per heavy atom. The Hall–Kier alpha value is -0.650. The number of nitrogens with one attached hydrogen (secondary N) is 1. The second kappa shape index (κ2) is 10.1. The van der Waals surface area contributed by atoms with E-state index in [2.05, 4.69) is 42.8 Å². The van der Waals surface area contributed by atoms with Crippen LogP contribution in [0.4, 0.5) is 0 Å². The highest BCUT2D eigenvalue weighted by atomic mass is 16.5. The van der Waals surface area contributed by atoms with Gasteiger partial charge in [0.05, 0.1) is 19.8 Å². The molecule has 1 fully saturated rings. The van der Waals surface area contributed by atoms with Crippen LogP contribution in [0.5, 0.6) is 0 Å².